The molecule has 1 saturated carbocycles. The first-order chi connectivity index (χ1) is 10.5. The lowest BCUT2D eigenvalue weighted by atomic mass is 9.94. The second-order valence-corrected chi connectivity index (χ2v) is 6.44. The van der Waals surface area contributed by atoms with E-state index >= 15 is 0 Å². The normalized spacial score (nSPS) is 21.7. The minimum atomic E-state index is -0.250. The van der Waals surface area contributed by atoms with Crippen molar-refractivity contribution in [2.75, 3.05) is 7.05 Å². The Morgan fingerprint density at radius 3 is 2.55 bits per heavy atom. The molecule has 1 aliphatic carbocycles. The largest absolute Gasteiger partial charge is 0.355 e. The van der Waals surface area contributed by atoms with Crippen molar-refractivity contribution in [3.05, 3.63) is 46.1 Å². The number of carbonyl (C=O) groups is 1. The molecule has 0 unspecified atom stereocenters. The zero-order chi connectivity index (χ0) is 15.9. The monoisotopic (exact) mass is 335 g/mol. The van der Waals surface area contributed by atoms with Crippen LogP contribution >= 0.6 is 23.8 Å². The van der Waals surface area contributed by atoms with Crippen LogP contribution in [0.15, 0.2) is 35.5 Å². The van der Waals surface area contributed by atoms with E-state index in [-0.39, 0.29) is 11.9 Å². The molecule has 6 heteroatoms. The molecule has 0 aromatic heterocycles. The highest BCUT2D eigenvalue weighted by Gasteiger charge is 2.39. The number of rotatable bonds is 3. The lowest BCUT2D eigenvalue weighted by molar-refractivity contribution is -0.117. The molecule has 1 heterocycles. The lowest BCUT2D eigenvalue weighted by Gasteiger charge is -2.38. The zero-order valence-electron chi connectivity index (χ0n) is 12.5. The second kappa shape index (κ2) is 5.89. The maximum absolute atomic E-state index is 12.4. The molecule has 3 rings (SSSR count). The molecule has 2 aliphatic rings. The summed E-state index contributed by atoms with van der Waals surface area (Å²) in [6.45, 7) is 1.97. The first kappa shape index (κ1) is 15.3. The van der Waals surface area contributed by atoms with Gasteiger partial charge in [0.2, 0.25) is 0 Å². The minimum Gasteiger partial charge on any atom is -0.355 e. The SMILES string of the molecule is CNC(=O)C1=C(C)N(C2CC2)C(=S)N[C@H]1c1ccc(Cl)cc1. The molecule has 0 radical (unpaired) electrons. The number of nitrogens with zero attached hydrogens (tertiary/aromatic N) is 1. The number of benzene rings is 1. The van der Waals surface area contributed by atoms with E-state index in [2.05, 4.69) is 15.5 Å². The quantitative estimate of drug-likeness (QED) is 0.834. The summed E-state index contributed by atoms with van der Waals surface area (Å²) >= 11 is 11.5. The molecule has 2 N–H and O–H groups in total. The smallest absolute Gasteiger partial charge is 0.251 e. The highest BCUT2D eigenvalue weighted by Crippen LogP contribution is 2.37. The number of hydrogen-bond acceptors (Lipinski definition) is 2. The zero-order valence-corrected chi connectivity index (χ0v) is 14.1. The molecular formula is C16H18ClN3OS. The van der Waals surface area contributed by atoms with Crippen LogP contribution in [-0.2, 0) is 4.79 Å². The Morgan fingerprint density at radius 2 is 2.00 bits per heavy atom. The molecule has 116 valence electrons. The van der Waals surface area contributed by atoms with Gasteiger partial charge in [0, 0.05) is 23.8 Å². The van der Waals surface area contributed by atoms with E-state index < -0.39 is 0 Å². The average Bonchev–Trinajstić information content (AvgIpc) is 3.31. The van der Waals surface area contributed by atoms with E-state index in [0.717, 1.165) is 24.1 Å². The van der Waals surface area contributed by atoms with Gasteiger partial charge in [-0.15, -0.1) is 0 Å². The molecule has 1 aromatic rings. The van der Waals surface area contributed by atoms with Crippen LogP contribution in [0, 0.1) is 0 Å². The fourth-order valence-corrected chi connectivity index (χ4v) is 3.39. The van der Waals surface area contributed by atoms with Crippen LogP contribution in [0.4, 0.5) is 0 Å². The Balaban J connectivity index is 2.06. The first-order valence-electron chi connectivity index (χ1n) is 7.31. The second-order valence-electron chi connectivity index (χ2n) is 5.61. The maximum atomic E-state index is 12.4. The summed E-state index contributed by atoms with van der Waals surface area (Å²) in [6, 6.07) is 7.67. The molecule has 4 nitrogen and oxygen atoms in total. The van der Waals surface area contributed by atoms with Gasteiger partial charge >= 0.3 is 0 Å². The number of amides is 1. The van der Waals surface area contributed by atoms with Gasteiger partial charge in [-0.05, 0) is 49.7 Å². The Morgan fingerprint density at radius 1 is 1.36 bits per heavy atom. The summed E-state index contributed by atoms with van der Waals surface area (Å²) in [6.07, 6.45) is 2.23. The van der Waals surface area contributed by atoms with Crippen LogP contribution in [0.3, 0.4) is 0 Å². The predicted octanol–water partition coefficient (Wildman–Crippen LogP) is 2.75. The molecule has 0 saturated heterocycles. The van der Waals surface area contributed by atoms with E-state index in [1.807, 2.05) is 31.2 Å². The van der Waals surface area contributed by atoms with Crippen LogP contribution in [0.25, 0.3) is 0 Å². The number of likely N-dealkylation sites (N-methyl/N-ethyl adjacent to an activating group) is 1. The molecule has 1 aliphatic heterocycles. The van der Waals surface area contributed by atoms with Gasteiger partial charge in [-0.2, -0.15) is 0 Å². The summed E-state index contributed by atoms with van der Waals surface area (Å²) in [5.41, 5.74) is 2.62. The highest BCUT2D eigenvalue weighted by atomic mass is 35.5. The number of thiocarbonyl (C=S) groups is 1. The molecule has 0 bridgehead atoms. The number of halogens is 1. The molecule has 1 fully saturated rings. The van der Waals surface area contributed by atoms with E-state index in [1.165, 1.54) is 0 Å². The van der Waals surface area contributed by atoms with Crippen molar-refractivity contribution in [2.24, 2.45) is 0 Å². The van der Waals surface area contributed by atoms with Crippen LogP contribution in [0.5, 0.6) is 0 Å². The van der Waals surface area contributed by atoms with Crippen molar-refractivity contribution in [3.63, 3.8) is 0 Å². The third kappa shape index (κ3) is 2.71. The molecule has 1 aromatic carbocycles. The third-order valence-electron chi connectivity index (χ3n) is 4.11. The van der Waals surface area contributed by atoms with Gasteiger partial charge in [0.05, 0.1) is 11.6 Å². The Labute approximate surface area is 140 Å². The summed E-state index contributed by atoms with van der Waals surface area (Å²) < 4.78 is 0. The molecule has 22 heavy (non-hydrogen) atoms. The van der Waals surface area contributed by atoms with Gasteiger partial charge in [-0.1, -0.05) is 23.7 Å². The molecule has 0 spiro atoms. The van der Waals surface area contributed by atoms with Crippen molar-refractivity contribution in [1.82, 2.24) is 15.5 Å². The lowest BCUT2D eigenvalue weighted by Crippen LogP contribution is -2.49. The minimum absolute atomic E-state index is 0.0851. The van der Waals surface area contributed by atoms with Crippen molar-refractivity contribution in [1.29, 1.82) is 0 Å². The van der Waals surface area contributed by atoms with Gasteiger partial charge in [0.25, 0.3) is 5.91 Å². The van der Waals surface area contributed by atoms with Crippen LogP contribution < -0.4 is 10.6 Å². The summed E-state index contributed by atoms with van der Waals surface area (Å²) in [5, 5.41) is 7.41. The fourth-order valence-electron chi connectivity index (χ4n) is 2.86. The molecule has 1 atom stereocenters. The number of nitrogens with one attached hydrogen (secondary N) is 2. The van der Waals surface area contributed by atoms with Gasteiger partial charge in [-0.3, -0.25) is 4.79 Å². The Bertz CT molecular complexity index is 652. The summed E-state index contributed by atoms with van der Waals surface area (Å²) in [5.74, 6) is -0.0851. The third-order valence-corrected chi connectivity index (χ3v) is 4.68. The molecule has 1 amide bonds. The molecular weight excluding hydrogens is 318 g/mol. The standard InChI is InChI=1S/C16H18ClN3OS/c1-9-13(15(21)18-2)14(10-3-5-11(17)6-4-10)19-16(22)20(9)12-7-8-12/h3-6,12,14H,7-8H2,1-2H3,(H,18,21)(H,19,22)/t14-/m0/s1. The predicted molar refractivity (Wildman–Crippen MR) is 91.6 cm³/mol. The van der Waals surface area contributed by atoms with Crippen LogP contribution in [0.2, 0.25) is 5.02 Å². The van der Waals surface area contributed by atoms with Gasteiger partial charge in [-0.25, -0.2) is 0 Å². The van der Waals surface area contributed by atoms with E-state index in [9.17, 15) is 4.79 Å². The van der Waals surface area contributed by atoms with Gasteiger partial charge in [0.15, 0.2) is 5.11 Å². The fraction of sp³-hybridized carbons (Fsp3) is 0.375. The van der Waals surface area contributed by atoms with Crippen molar-refractivity contribution in [2.45, 2.75) is 31.8 Å². The van der Waals surface area contributed by atoms with Crippen LogP contribution in [0.1, 0.15) is 31.4 Å². The first-order valence-corrected chi connectivity index (χ1v) is 8.09. The Hall–Kier alpha value is -1.59. The Kier molecular flexibility index (Phi) is 4.10. The van der Waals surface area contributed by atoms with Crippen molar-refractivity contribution in [3.8, 4) is 0 Å². The van der Waals surface area contributed by atoms with E-state index in [1.54, 1.807) is 7.05 Å². The van der Waals surface area contributed by atoms with Gasteiger partial charge < -0.3 is 15.5 Å². The van der Waals surface area contributed by atoms with E-state index in [0.29, 0.717) is 21.8 Å². The average molecular weight is 336 g/mol. The van der Waals surface area contributed by atoms with Crippen LogP contribution in [-0.4, -0.2) is 29.0 Å². The topological polar surface area (TPSA) is 44.4 Å². The van der Waals surface area contributed by atoms with Crippen molar-refractivity contribution < 1.29 is 4.79 Å². The van der Waals surface area contributed by atoms with E-state index in [4.69, 9.17) is 23.8 Å². The summed E-state index contributed by atoms with van der Waals surface area (Å²) in [7, 11) is 1.65. The highest BCUT2D eigenvalue weighted by molar-refractivity contribution is 7.80. The number of hydrogen-bond donors (Lipinski definition) is 2. The van der Waals surface area contributed by atoms with Gasteiger partial charge in [0.1, 0.15) is 0 Å². The maximum Gasteiger partial charge on any atom is 0.251 e. The number of allylic oxidation sites excluding steroid dienone is 1. The summed E-state index contributed by atoms with van der Waals surface area (Å²) in [4.78, 5) is 14.5. The number of carbonyl (C=O) groups excluding carboxylic acids is 1. The van der Waals surface area contributed by atoms with Crippen molar-refractivity contribution >= 4 is 34.8 Å².